The second-order valence-corrected chi connectivity index (χ2v) is 5.00. The van der Waals surface area contributed by atoms with Crippen molar-refractivity contribution in [3.05, 3.63) is 0 Å². The fraction of sp³-hybridized carbons (Fsp3) is 1.00. The normalized spacial score (nSPS) is 25.0. The summed E-state index contributed by atoms with van der Waals surface area (Å²) in [6, 6.07) is 0. The van der Waals surface area contributed by atoms with Crippen molar-refractivity contribution in [3.8, 4) is 0 Å². The molecule has 1 N–H and O–H groups in total. The van der Waals surface area contributed by atoms with Gasteiger partial charge in [-0.15, -0.1) is 0 Å². The van der Waals surface area contributed by atoms with Gasteiger partial charge in [0.05, 0.1) is 13.2 Å². The maximum Gasteiger partial charge on any atom is 0.401 e. The average molecular weight is 268 g/mol. The number of alkyl halides is 3. The highest BCUT2D eigenvalue weighted by molar-refractivity contribution is 4.88. The highest BCUT2D eigenvalue weighted by Gasteiger charge is 2.39. The first-order valence-electron chi connectivity index (χ1n) is 6.48. The zero-order valence-electron chi connectivity index (χ0n) is 11.1. The number of ether oxygens (including phenoxy) is 1. The fourth-order valence-corrected chi connectivity index (χ4v) is 2.37. The first kappa shape index (κ1) is 15.7. The van der Waals surface area contributed by atoms with Crippen molar-refractivity contribution >= 4 is 0 Å². The number of nitrogens with zero attached hydrogens (tertiary/aromatic N) is 1. The molecule has 1 aliphatic heterocycles. The number of hydrogen-bond donors (Lipinski definition) is 1. The van der Waals surface area contributed by atoms with E-state index in [2.05, 4.69) is 5.32 Å². The molecule has 1 heterocycles. The predicted molar refractivity (Wildman–Crippen MR) is 64.6 cm³/mol. The van der Waals surface area contributed by atoms with Crippen LogP contribution in [0.5, 0.6) is 0 Å². The maximum absolute atomic E-state index is 12.5. The molecular formula is C12H23F3N2O. The average Bonchev–Trinajstić information content (AvgIpc) is 2.73. The molecule has 0 saturated carbocycles. The Balaban J connectivity index is 2.57. The van der Waals surface area contributed by atoms with Crippen LogP contribution in [0.15, 0.2) is 0 Å². The predicted octanol–water partition coefficient (Wildman–Crippen LogP) is 1.89. The third-order valence-corrected chi connectivity index (χ3v) is 3.34. The van der Waals surface area contributed by atoms with E-state index >= 15 is 0 Å². The summed E-state index contributed by atoms with van der Waals surface area (Å²) in [5, 5.41) is 3.24. The van der Waals surface area contributed by atoms with Crippen LogP contribution in [-0.4, -0.2) is 57.0 Å². The summed E-state index contributed by atoms with van der Waals surface area (Å²) in [6.07, 6.45) is -3.30. The molecule has 0 amide bonds. The van der Waals surface area contributed by atoms with E-state index < -0.39 is 12.7 Å². The van der Waals surface area contributed by atoms with Gasteiger partial charge in [0.25, 0.3) is 0 Å². The Morgan fingerprint density at radius 3 is 2.50 bits per heavy atom. The summed E-state index contributed by atoms with van der Waals surface area (Å²) in [5.74, 6) is 0. The van der Waals surface area contributed by atoms with Gasteiger partial charge in [0.1, 0.15) is 0 Å². The summed E-state index contributed by atoms with van der Waals surface area (Å²) >= 11 is 0. The van der Waals surface area contributed by atoms with Crippen molar-refractivity contribution in [1.29, 1.82) is 0 Å². The van der Waals surface area contributed by atoms with Gasteiger partial charge in [-0.2, -0.15) is 13.2 Å². The molecule has 3 nitrogen and oxygen atoms in total. The van der Waals surface area contributed by atoms with Crippen LogP contribution in [0, 0.1) is 5.41 Å². The molecule has 0 aromatic rings. The second-order valence-electron chi connectivity index (χ2n) is 5.00. The molecule has 0 bridgehead atoms. The van der Waals surface area contributed by atoms with Gasteiger partial charge in [-0.1, -0.05) is 13.8 Å². The molecule has 108 valence electrons. The van der Waals surface area contributed by atoms with Gasteiger partial charge < -0.3 is 10.1 Å². The van der Waals surface area contributed by atoms with E-state index in [4.69, 9.17) is 4.74 Å². The Hall–Kier alpha value is -0.330. The molecule has 1 fully saturated rings. The molecule has 0 aliphatic carbocycles. The molecule has 0 aromatic carbocycles. The van der Waals surface area contributed by atoms with Gasteiger partial charge >= 0.3 is 6.18 Å². The summed E-state index contributed by atoms with van der Waals surface area (Å²) in [5.41, 5.74) is -0.169. The molecule has 6 heteroatoms. The summed E-state index contributed by atoms with van der Waals surface area (Å²) < 4.78 is 42.7. The quantitative estimate of drug-likeness (QED) is 0.763. The number of rotatable bonds is 7. The molecule has 0 aromatic heterocycles. The zero-order chi connectivity index (χ0) is 13.6. The van der Waals surface area contributed by atoms with Gasteiger partial charge in [-0.3, -0.25) is 4.90 Å². The van der Waals surface area contributed by atoms with Crippen molar-refractivity contribution in [1.82, 2.24) is 10.2 Å². The van der Waals surface area contributed by atoms with Crippen molar-refractivity contribution < 1.29 is 17.9 Å². The van der Waals surface area contributed by atoms with Gasteiger partial charge in [0.2, 0.25) is 0 Å². The van der Waals surface area contributed by atoms with Crippen molar-refractivity contribution in [2.75, 3.05) is 45.9 Å². The van der Waals surface area contributed by atoms with Crippen molar-refractivity contribution in [3.63, 3.8) is 0 Å². The van der Waals surface area contributed by atoms with Crippen LogP contribution in [0.25, 0.3) is 0 Å². The minimum atomic E-state index is -4.13. The lowest BCUT2D eigenvalue weighted by Gasteiger charge is -2.34. The Labute approximate surface area is 107 Å². The van der Waals surface area contributed by atoms with E-state index in [1.807, 2.05) is 6.92 Å². The van der Waals surface area contributed by atoms with Crippen LogP contribution in [0.4, 0.5) is 13.2 Å². The van der Waals surface area contributed by atoms with E-state index in [0.717, 1.165) is 19.5 Å². The van der Waals surface area contributed by atoms with Crippen LogP contribution < -0.4 is 5.32 Å². The summed E-state index contributed by atoms with van der Waals surface area (Å²) in [6.45, 7) is 6.52. The Bertz CT molecular complexity index is 240. The van der Waals surface area contributed by atoms with Crippen LogP contribution in [0.3, 0.4) is 0 Å². The lowest BCUT2D eigenvalue weighted by Crippen LogP contribution is -2.47. The smallest absolute Gasteiger partial charge is 0.381 e. The van der Waals surface area contributed by atoms with Gasteiger partial charge in [-0.05, 0) is 19.5 Å². The van der Waals surface area contributed by atoms with Gasteiger partial charge in [0.15, 0.2) is 0 Å². The second kappa shape index (κ2) is 6.73. The van der Waals surface area contributed by atoms with Crippen molar-refractivity contribution in [2.24, 2.45) is 5.41 Å². The number of halogens is 3. The van der Waals surface area contributed by atoms with E-state index in [-0.39, 0.29) is 5.41 Å². The highest BCUT2D eigenvalue weighted by Crippen LogP contribution is 2.30. The molecule has 0 spiro atoms. The maximum atomic E-state index is 12.5. The minimum absolute atomic E-state index is 0.169. The molecule has 0 radical (unpaired) electrons. The fourth-order valence-electron chi connectivity index (χ4n) is 2.37. The van der Waals surface area contributed by atoms with Crippen LogP contribution in [-0.2, 0) is 4.74 Å². The highest BCUT2D eigenvalue weighted by atomic mass is 19.4. The van der Waals surface area contributed by atoms with Crippen molar-refractivity contribution in [2.45, 2.75) is 26.4 Å². The minimum Gasteiger partial charge on any atom is -0.381 e. The van der Waals surface area contributed by atoms with Crippen LogP contribution >= 0.6 is 0 Å². The third-order valence-electron chi connectivity index (χ3n) is 3.34. The zero-order valence-corrected chi connectivity index (χ0v) is 11.1. The van der Waals surface area contributed by atoms with E-state index in [9.17, 15) is 13.2 Å². The SMILES string of the molecule is CCNCC1(CN(CC)CC(F)(F)F)CCOC1. The monoisotopic (exact) mass is 268 g/mol. The standard InChI is InChI=1S/C12H23F3N2O/c1-3-16-7-11(5-6-18-10-11)8-17(4-2)9-12(13,14)15/h16H,3-10H2,1-2H3. The number of nitrogens with one attached hydrogen (secondary N) is 1. The first-order valence-corrected chi connectivity index (χ1v) is 6.48. The molecule has 1 aliphatic rings. The molecule has 1 unspecified atom stereocenters. The summed E-state index contributed by atoms with van der Waals surface area (Å²) in [4.78, 5) is 1.46. The lowest BCUT2D eigenvalue weighted by atomic mass is 9.86. The summed E-state index contributed by atoms with van der Waals surface area (Å²) in [7, 11) is 0. The van der Waals surface area contributed by atoms with E-state index in [1.165, 1.54) is 4.90 Å². The van der Waals surface area contributed by atoms with E-state index in [1.54, 1.807) is 6.92 Å². The Morgan fingerprint density at radius 2 is 2.06 bits per heavy atom. The van der Waals surface area contributed by atoms with Gasteiger partial charge in [-0.25, -0.2) is 0 Å². The molecular weight excluding hydrogens is 245 g/mol. The van der Waals surface area contributed by atoms with E-state index in [0.29, 0.717) is 26.3 Å². The van der Waals surface area contributed by atoms with Crippen LogP contribution in [0.1, 0.15) is 20.3 Å². The van der Waals surface area contributed by atoms with Gasteiger partial charge in [0, 0.05) is 25.1 Å². The van der Waals surface area contributed by atoms with Crippen LogP contribution in [0.2, 0.25) is 0 Å². The molecule has 1 rings (SSSR count). The first-order chi connectivity index (χ1) is 8.41. The Kier molecular flexibility index (Phi) is 5.88. The topological polar surface area (TPSA) is 24.5 Å². The number of hydrogen-bond acceptors (Lipinski definition) is 3. The molecule has 1 saturated heterocycles. The molecule has 1 atom stereocenters. The Morgan fingerprint density at radius 1 is 1.33 bits per heavy atom. The largest absolute Gasteiger partial charge is 0.401 e. The third kappa shape index (κ3) is 5.12. The lowest BCUT2D eigenvalue weighted by molar-refractivity contribution is -0.148. The molecule has 18 heavy (non-hydrogen) atoms.